The molecule has 0 aliphatic carbocycles. The molecule has 92 valence electrons. The van der Waals surface area contributed by atoms with E-state index in [9.17, 15) is 4.79 Å². The molecule has 17 heavy (non-hydrogen) atoms. The molecule has 2 unspecified atom stereocenters. The lowest BCUT2D eigenvalue weighted by Crippen LogP contribution is -2.44. The predicted octanol–water partition coefficient (Wildman–Crippen LogP) is 2.55. The minimum atomic E-state index is -0.108. The van der Waals surface area contributed by atoms with Gasteiger partial charge < -0.3 is 10.2 Å². The van der Waals surface area contributed by atoms with Gasteiger partial charge in [0.05, 0.1) is 6.04 Å². The number of amides is 1. The molecule has 0 spiro atoms. The quantitative estimate of drug-likeness (QED) is 0.864. The van der Waals surface area contributed by atoms with Gasteiger partial charge in [-0.05, 0) is 51.1 Å². The van der Waals surface area contributed by atoms with Crippen LogP contribution < -0.4 is 10.2 Å². The van der Waals surface area contributed by atoms with Crippen LogP contribution in [0.5, 0.6) is 0 Å². The molecule has 2 atom stereocenters. The van der Waals surface area contributed by atoms with Gasteiger partial charge in [-0.15, -0.1) is 0 Å². The molecule has 1 aromatic carbocycles. The zero-order valence-electron chi connectivity index (χ0n) is 10.1. The van der Waals surface area contributed by atoms with E-state index in [1.54, 1.807) is 0 Å². The van der Waals surface area contributed by atoms with E-state index in [0.29, 0.717) is 0 Å². The third-order valence-electron chi connectivity index (χ3n) is 3.17. The van der Waals surface area contributed by atoms with Gasteiger partial charge in [-0.25, -0.2) is 0 Å². The zero-order valence-corrected chi connectivity index (χ0v) is 11.7. The number of hydrogen-bond donors (Lipinski definition) is 1. The summed E-state index contributed by atoms with van der Waals surface area (Å²) in [6.07, 6.45) is 0.978. The number of nitrogens with zero attached hydrogens (tertiary/aromatic N) is 1. The lowest BCUT2D eigenvalue weighted by molar-refractivity contribution is -0.120. The van der Waals surface area contributed by atoms with Crippen molar-refractivity contribution >= 4 is 27.5 Å². The van der Waals surface area contributed by atoms with E-state index in [1.807, 2.05) is 36.1 Å². The van der Waals surface area contributed by atoms with Crippen LogP contribution in [-0.4, -0.2) is 24.5 Å². The number of rotatable bonds is 1. The molecular weight excluding hydrogens is 280 g/mol. The summed E-state index contributed by atoms with van der Waals surface area (Å²) in [6, 6.07) is 8.04. The van der Waals surface area contributed by atoms with Gasteiger partial charge in [0.25, 0.3) is 0 Å². The van der Waals surface area contributed by atoms with E-state index in [1.165, 1.54) is 0 Å². The van der Waals surface area contributed by atoms with Crippen LogP contribution in [0.1, 0.15) is 20.3 Å². The Hall–Kier alpha value is -0.870. The van der Waals surface area contributed by atoms with Crippen LogP contribution in [0.2, 0.25) is 0 Å². The average Bonchev–Trinajstić information content (AvgIpc) is 2.42. The van der Waals surface area contributed by atoms with Crippen LogP contribution in [-0.2, 0) is 4.79 Å². The van der Waals surface area contributed by atoms with Gasteiger partial charge in [-0.2, -0.15) is 0 Å². The predicted molar refractivity (Wildman–Crippen MR) is 73.2 cm³/mol. The van der Waals surface area contributed by atoms with Crippen LogP contribution >= 0.6 is 15.9 Å². The van der Waals surface area contributed by atoms with Crippen molar-refractivity contribution in [3.63, 3.8) is 0 Å². The van der Waals surface area contributed by atoms with Crippen molar-refractivity contribution < 1.29 is 4.79 Å². The zero-order chi connectivity index (χ0) is 12.4. The summed E-state index contributed by atoms with van der Waals surface area (Å²) < 4.78 is 1.03. The fourth-order valence-electron chi connectivity index (χ4n) is 2.13. The van der Waals surface area contributed by atoms with Gasteiger partial charge in [0, 0.05) is 16.2 Å². The Morgan fingerprint density at radius 3 is 2.59 bits per heavy atom. The number of halogens is 1. The fourth-order valence-corrected chi connectivity index (χ4v) is 2.40. The molecule has 1 aromatic rings. The SMILES string of the molecule is CC1NCCC(C)N(c2ccc(Br)cc2)C1=O. The van der Waals surface area contributed by atoms with Crippen LogP contribution in [0.25, 0.3) is 0 Å². The Bertz CT molecular complexity index is 404. The molecule has 1 amide bonds. The highest BCUT2D eigenvalue weighted by molar-refractivity contribution is 9.10. The molecule has 0 aromatic heterocycles. The van der Waals surface area contributed by atoms with Gasteiger partial charge >= 0.3 is 0 Å². The topological polar surface area (TPSA) is 32.3 Å². The largest absolute Gasteiger partial charge is 0.308 e. The first-order chi connectivity index (χ1) is 8.09. The first kappa shape index (κ1) is 12.6. The second-order valence-corrected chi connectivity index (χ2v) is 5.41. The van der Waals surface area contributed by atoms with E-state index in [4.69, 9.17) is 0 Å². The van der Waals surface area contributed by atoms with Crippen LogP contribution in [0.4, 0.5) is 5.69 Å². The highest BCUT2D eigenvalue weighted by atomic mass is 79.9. The number of anilines is 1. The minimum Gasteiger partial charge on any atom is -0.308 e. The van der Waals surface area contributed by atoms with E-state index in [-0.39, 0.29) is 18.0 Å². The monoisotopic (exact) mass is 296 g/mol. The van der Waals surface area contributed by atoms with Crippen molar-refractivity contribution in [3.8, 4) is 0 Å². The molecule has 3 nitrogen and oxygen atoms in total. The first-order valence-electron chi connectivity index (χ1n) is 5.91. The third kappa shape index (κ3) is 2.69. The van der Waals surface area contributed by atoms with Gasteiger partial charge in [-0.3, -0.25) is 4.79 Å². The van der Waals surface area contributed by atoms with Crippen molar-refractivity contribution in [1.29, 1.82) is 0 Å². The summed E-state index contributed by atoms with van der Waals surface area (Å²) in [6.45, 7) is 4.91. The number of carbonyl (C=O) groups is 1. The molecule has 2 rings (SSSR count). The van der Waals surface area contributed by atoms with Crippen molar-refractivity contribution in [2.45, 2.75) is 32.4 Å². The molecule has 1 aliphatic rings. The molecule has 0 radical (unpaired) electrons. The third-order valence-corrected chi connectivity index (χ3v) is 3.69. The highest BCUT2D eigenvalue weighted by Crippen LogP contribution is 2.23. The second-order valence-electron chi connectivity index (χ2n) is 4.50. The Morgan fingerprint density at radius 1 is 1.29 bits per heavy atom. The number of benzene rings is 1. The lowest BCUT2D eigenvalue weighted by Gasteiger charge is -2.28. The summed E-state index contributed by atoms with van der Waals surface area (Å²) >= 11 is 3.41. The molecule has 1 saturated heterocycles. The Balaban J connectivity index is 2.32. The summed E-state index contributed by atoms with van der Waals surface area (Å²) in [7, 11) is 0. The van der Waals surface area contributed by atoms with Gasteiger partial charge in [-0.1, -0.05) is 15.9 Å². The Labute approximate surface area is 110 Å². The Kier molecular flexibility index (Phi) is 3.84. The van der Waals surface area contributed by atoms with Crippen molar-refractivity contribution in [2.75, 3.05) is 11.4 Å². The van der Waals surface area contributed by atoms with E-state index in [0.717, 1.165) is 23.1 Å². The van der Waals surface area contributed by atoms with Gasteiger partial charge in [0.15, 0.2) is 0 Å². The molecule has 0 saturated carbocycles. The molecule has 1 N–H and O–H groups in total. The maximum absolute atomic E-state index is 12.3. The van der Waals surface area contributed by atoms with E-state index < -0.39 is 0 Å². The molecule has 1 aliphatic heterocycles. The van der Waals surface area contributed by atoms with E-state index in [2.05, 4.69) is 28.2 Å². The number of carbonyl (C=O) groups excluding carboxylic acids is 1. The van der Waals surface area contributed by atoms with Crippen molar-refractivity contribution in [2.24, 2.45) is 0 Å². The van der Waals surface area contributed by atoms with Gasteiger partial charge in [0.1, 0.15) is 0 Å². The molecule has 4 heteroatoms. The van der Waals surface area contributed by atoms with Crippen molar-refractivity contribution in [1.82, 2.24) is 5.32 Å². The fraction of sp³-hybridized carbons (Fsp3) is 0.462. The minimum absolute atomic E-state index is 0.108. The van der Waals surface area contributed by atoms with Crippen molar-refractivity contribution in [3.05, 3.63) is 28.7 Å². The van der Waals surface area contributed by atoms with E-state index >= 15 is 0 Å². The smallest absolute Gasteiger partial charge is 0.244 e. The molecule has 0 bridgehead atoms. The summed E-state index contributed by atoms with van der Waals surface area (Å²) in [5, 5.41) is 3.24. The average molecular weight is 297 g/mol. The van der Waals surface area contributed by atoms with Crippen LogP contribution in [0.3, 0.4) is 0 Å². The summed E-state index contributed by atoms with van der Waals surface area (Å²) in [5.41, 5.74) is 0.973. The molecule has 1 heterocycles. The molecule has 1 fully saturated rings. The maximum Gasteiger partial charge on any atom is 0.244 e. The highest BCUT2D eigenvalue weighted by Gasteiger charge is 2.28. The van der Waals surface area contributed by atoms with Gasteiger partial charge in [0.2, 0.25) is 5.91 Å². The van der Waals surface area contributed by atoms with Crippen LogP contribution in [0.15, 0.2) is 28.7 Å². The summed E-state index contributed by atoms with van der Waals surface area (Å²) in [4.78, 5) is 14.2. The first-order valence-corrected chi connectivity index (χ1v) is 6.71. The summed E-state index contributed by atoms with van der Waals surface area (Å²) in [5.74, 6) is 0.150. The normalized spacial score (nSPS) is 25.8. The number of nitrogens with one attached hydrogen (secondary N) is 1. The standard InChI is InChI=1S/C13H17BrN2O/c1-9-7-8-15-10(2)13(17)16(9)12-5-3-11(14)4-6-12/h3-6,9-10,15H,7-8H2,1-2H3. The second kappa shape index (κ2) is 5.19. The maximum atomic E-state index is 12.3. The van der Waals surface area contributed by atoms with Crippen LogP contribution in [0, 0.1) is 0 Å². The Morgan fingerprint density at radius 2 is 1.94 bits per heavy atom. The number of hydrogen-bond acceptors (Lipinski definition) is 2. The lowest BCUT2D eigenvalue weighted by atomic mass is 10.1. The molecular formula is C13H17BrN2O.